The van der Waals surface area contributed by atoms with Crippen LogP contribution >= 0.6 is 0 Å². The zero-order valence-electron chi connectivity index (χ0n) is 8.61. The molecular weight excluding hydrogens is 214 g/mol. The Balaban J connectivity index is 2.50. The van der Waals surface area contributed by atoms with E-state index in [2.05, 4.69) is 10.1 Å². The second-order valence-electron chi connectivity index (χ2n) is 3.30. The molecule has 84 valence electrons. The third-order valence-corrected chi connectivity index (χ3v) is 2.21. The molecule has 0 atom stereocenters. The average molecular weight is 224 g/mol. The summed E-state index contributed by atoms with van der Waals surface area (Å²) in [5.74, 6) is -0.565. The van der Waals surface area contributed by atoms with Gasteiger partial charge in [0.05, 0.1) is 12.1 Å². The molecule has 0 saturated carbocycles. The molecule has 1 aromatic carbocycles. The topological polar surface area (TPSA) is 56.7 Å². The van der Waals surface area contributed by atoms with Crippen molar-refractivity contribution in [2.24, 2.45) is 12.8 Å². The number of aryl methyl sites for hydroxylation is 1. The average Bonchev–Trinajstić information content (AvgIpc) is 2.59. The van der Waals surface area contributed by atoms with Gasteiger partial charge in [0.1, 0.15) is 17.5 Å². The van der Waals surface area contributed by atoms with Crippen LogP contribution in [0.25, 0.3) is 11.4 Å². The summed E-state index contributed by atoms with van der Waals surface area (Å²) in [6.07, 6.45) is 0. The van der Waals surface area contributed by atoms with E-state index in [0.29, 0.717) is 5.82 Å². The molecule has 0 radical (unpaired) electrons. The third-order valence-electron chi connectivity index (χ3n) is 2.21. The molecule has 0 amide bonds. The van der Waals surface area contributed by atoms with Gasteiger partial charge in [-0.05, 0) is 12.1 Å². The highest BCUT2D eigenvalue weighted by atomic mass is 19.1. The number of hydrogen-bond donors (Lipinski definition) is 1. The van der Waals surface area contributed by atoms with E-state index >= 15 is 0 Å². The first-order valence-corrected chi connectivity index (χ1v) is 4.67. The van der Waals surface area contributed by atoms with Gasteiger partial charge in [-0.2, -0.15) is 5.10 Å². The van der Waals surface area contributed by atoms with Gasteiger partial charge in [-0.25, -0.2) is 13.8 Å². The molecule has 0 aliphatic rings. The minimum Gasteiger partial charge on any atom is -0.324 e. The number of nitrogens with two attached hydrogens (primary N) is 1. The van der Waals surface area contributed by atoms with Crippen LogP contribution < -0.4 is 5.73 Å². The lowest BCUT2D eigenvalue weighted by Gasteiger charge is -1.97. The Hall–Kier alpha value is -1.82. The summed E-state index contributed by atoms with van der Waals surface area (Å²) in [5, 5.41) is 4.01. The van der Waals surface area contributed by atoms with Crippen molar-refractivity contribution in [2.75, 3.05) is 0 Å². The monoisotopic (exact) mass is 224 g/mol. The molecule has 2 aromatic rings. The minimum absolute atomic E-state index is 0.164. The fourth-order valence-corrected chi connectivity index (χ4v) is 1.38. The van der Waals surface area contributed by atoms with Gasteiger partial charge in [0, 0.05) is 13.1 Å². The van der Waals surface area contributed by atoms with E-state index in [-0.39, 0.29) is 17.9 Å². The van der Waals surface area contributed by atoms with Crippen LogP contribution in [0.1, 0.15) is 5.82 Å². The Morgan fingerprint density at radius 1 is 1.38 bits per heavy atom. The van der Waals surface area contributed by atoms with Gasteiger partial charge in [0.25, 0.3) is 0 Å². The molecule has 2 rings (SSSR count). The van der Waals surface area contributed by atoms with Gasteiger partial charge in [-0.15, -0.1) is 0 Å². The second-order valence-corrected chi connectivity index (χ2v) is 3.30. The van der Waals surface area contributed by atoms with E-state index in [0.717, 1.165) is 12.1 Å². The molecule has 1 heterocycles. The third kappa shape index (κ3) is 1.79. The molecule has 0 saturated heterocycles. The molecule has 0 bridgehead atoms. The van der Waals surface area contributed by atoms with Gasteiger partial charge < -0.3 is 5.73 Å². The maximum absolute atomic E-state index is 13.4. The van der Waals surface area contributed by atoms with Crippen molar-refractivity contribution in [3.8, 4) is 11.4 Å². The molecule has 16 heavy (non-hydrogen) atoms. The van der Waals surface area contributed by atoms with Crippen molar-refractivity contribution in [3.63, 3.8) is 0 Å². The Morgan fingerprint density at radius 2 is 2.12 bits per heavy atom. The quantitative estimate of drug-likeness (QED) is 0.834. The van der Waals surface area contributed by atoms with E-state index in [1.54, 1.807) is 7.05 Å². The number of aromatic nitrogens is 3. The van der Waals surface area contributed by atoms with Crippen LogP contribution in [0.5, 0.6) is 0 Å². The molecule has 0 aliphatic heterocycles. The molecule has 0 unspecified atom stereocenters. The first-order chi connectivity index (χ1) is 7.61. The second kappa shape index (κ2) is 3.97. The van der Waals surface area contributed by atoms with Crippen LogP contribution in [0.3, 0.4) is 0 Å². The summed E-state index contributed by atoms with van der Waals surface area (Å²) >= 11 is 0. The molecule has 2 N–H and O–H groups in total. The van der Waals surface area contributed by atoms with Crippen LogP contribution in [-0.4, -0.2) is 14.8 Å². The number of rotatable bonds is 2. The van der Waals surface area contributed by atoms with Crippen LogP contribution in [0, 0.1) is 11.6 Å². The van der Waals surface area contributed by atoms with Crippen molar-refractivity contribution >= 4 is 0 Å². The van der Waals surface area contributed by atoms with Gasteiger partial charge in [0.2, 0.25) is 0 Å². The lowest BCUT2D eigenvalue weighted by atomic mass is 10.2. The van der Waals surface area contributed by atoms with Crippen molar-refractivity contribution in [1.82, 2.24) is 14.8 Å². The minimum atomic E-state index is -0.686. The molecule has 0 fully saturated rings. The number of nitrogens with zero attached hydrogens (tertiary/aromatic N) is 3. The van der Waals surface area contributed by atoms with E-state index in [1.165, 1.54) is 10.7 Å². The highest BCUT2D eigenvalue weighted by Crippen LogP contribution is 2.20. The molecule has 1 aromatic heterocycles. The highest BCUT2D eigenvalue weighted by molar-refractivity contribution is 5.55. The Bertz CT molecular complexity index is 522. The van der Waals surface area contributed by atoms with Gasteiger partial charge in [-0.3, -0.25) is 4.68 Å². The zero-order valence-corrected chi connectivity index (χ0v) is 8.61. The molecule has 0 spiro atoms. The van der Waals surface area contributed by atoms with Crippen LogP contribution in [-0.2, 0) is 13.6 Å². The maximum Gasteiger partial charge on any atom is 0.184 e. The zero-order chi connectivity index (χ0) is 11.7. The molecule has 0 aliphatic carbocycles. The fraction of sp³-hybridized carbons (Fsp3) is 0.200. The van der Waals surface area contributed by atoms with Crippen LogP contribution in [0.2, 0.25) is 0 Å². The normalized spacial score (nSPS) is 10.8. The molecular formula is C10H10F2N4. The fourth-order valence-electron chi connectivity index (χ4n) is 1.38. The summed E-state index contributed by atoms with van der Waals surface area (Å²) in [5.41, 5.74) is 5.59. The highest BCUT2D eigenvalue weighted by Gasteiger charge is 2.12. The van der Waals surface area contributed by atoms with E-state index in [1.807, 2.05) is 0 Å². The Morgan fingerprint density at radius 3 is 2.69 bits per heavy atom. The van der Waals surface area contributed by atoms with Crippen LogP contribution in [0.4, 0.5) is 8.78 Å². The lowest BCUT2D eigenvalue weighted by Crippen LogP contribution is -2.05. The summed E-state index contributed by atoms with van der Waals surface area (Å²) in [6, 6.07) is 3.27. The van der Waals surface area contributed by atoms with Crippen molar-refractivity contribution in [3.05, 3.63) is 35.7 Å². The number of hydrogen-bond acceptors (Lipinski definition) is 3. The molecule has 6 heteroatoms. The largest absolute Gasteiger partial charge is 0.324 e. The van der Waals surface area contributed by atoms with Crippen LogP contribution in [0.15, 0.2) is 18.2 Å². The first kappa shape index (κ1) is 10.7. The van der Waals surface area contributed by atoms with Gasteiger partial charge in [0.15, 0.2) is 5.82 Å². The number of benzene rings is 1. The van der Waals surface area contributed by atoms with E-state index < -0.39 is 11.6 Å². The van der Waals surface area contributed by atoms with Gasteiger partial charge >= 0.3 is 0 Å². The van der Waals surface area contributed by atoms with Crippen molar-refractivity contribution in [1.29, 1.82) is 0 Å². The molecule has 4 nitrogen and oxygen atoms in total. The van der Waals surface area contributed by atoms with Crippen molar-refractivity contribution < 1.29 is 8.78 Å². The Labute approximate surface area is 90.7 Å². The maximum atomic E-state index is 13.4. The summed E-state index contributed by atoms with van der Waals surface area (Å²) < 4.78 is 27.6. The smallest absolute Gasteiger partial charge is 0.184 e. The summed E-state index contributed by atoms with van der Waals surface area (Å²) in [6.45, 7) is 0.215. The number of halogens is 2. The summed E-state index contributed by atoms with van der Waals surface area (Å²) in [7, 11) is 1.67. The lowest BCUT2D eigenvalue weighted by molar-refractivity contribution is 0.584. The SMILES string of the molecule is Cn1nc(-c2ccc(F)cc2F)nc1CN. The first-order valence-electron chi connectivity index (χ1n) is 4.67. The summed E-state index contributed by atoms with van der Waals surface area (Å²) in [4.78, 5) is 4.05. The standard InChI is InChI=1S/C10H10F2N4/c1-16-9(5-13)14-10(15-16)7-3-2-6(11)4-8(7)12/h2-4H,5,13H2,1H3. The Kier molecular flexibility index (Phi) is 2.66. The van der Waals surface area contributed by atoms with Gasteiger partial charge in [-0.1, -0.05) is 0 Å². The van der Waals surface area contributed by atoms with Crippen molar-refractivity contribution in [2.45, 2.75) is 6.54 Å². The predicted octanol–water partition coefficient (Wildman–Crippen LogP) is 1.22. The predicted molar refractivity (Wildman–Crippen MR) is 54.2 cm³/mol. The van der Waals surface area contributed by atoms with E-state index in [9.17, 15) is 8.78 Å². The van der Waals surface area contributed by atoms with E-state index in [4.69, 9.17) is 5.73 Å².